The lowest BCUT2D eigenvalue weighted by atomic mass is 9.92. The monoisotopic (exact) mass is 594 g/mol. The number of rotatable bonds is 10. The molecule has 2 amide bonds. The van der Waals surface area contributed by atoms with Crippen molar-refractivity contribution in [2.75, 3.05) is 38.9 Å². The SMILES string of the molecule is C=CCOC(=O)N1c2cc(OCCCC(=O)OC)c(OC)cc2C(=O)N2Cc3ccccc3C[C@H]2C1OC1CCCCO1. The first-order chi connectivity index (χ1) is 20.9. The molecule has 3 aliphatic rings. The summed E-state index contributed by atoms with van der Waals surface area (Å²) >= 11 is 0. The number of hydrogen-bond acceptors (Lipinski definition) is 9. The summed E-state index contributed by atoms with van der Waals surface area (Å²) in [6.07, 6.45) is 2.84. The van der Waals surface area contributed by atoms with Gasteiger partial charge in [0.25, 0.3) is 5.91 Å². The highest BCUT2D eigenvalue weighted by Gasteiger charge is 2.47. The normalized spacial score (nSPS) is 21.1. The molecule has 0 bridgehead atoms. The predicted molar refractivity (Wildman–Crippen MR) is 156 cm³/mol. The molecule has 11 nitrogen and oxygen atoms in total. The van der Waals surface area contributed by atoms with Crippen LogP contribution in [0.3, 0.4) is 0 Å². The molecule has 0 saturated carbocycles. The first-order valence-electron chi connectivity index (χ1n) is 14.6. The molecular weight excluding hydrogens is 556 g/mol. The Kier molecular flexibility index (Phi) is 9.83. The summed E-state index contributed by atoms with van der Waals surface area (Å²) in [5.74, 6) is -0.00573. The van der Waals surface area contributed by atoms with E-state index in [-0.39, 0.29) is 42.8 Å². The first-order valence-corrected chi connectivity index (χ1v) is 14.6. The molecule has 230 valence electrons. The largest absolute Gasteiger partial charge is 0.493 e. The molecule has 3 heterocycles. The van der Waals surface area contributed by atoms with Crippen LogP contribution in [-0.4, -0.2) is 75.5 Å². The maximum absolute atomic E-state index is 14.3. The van der Waals surface area contributed by atoms with Gasteiger partial charge in [0.1, 0.15) is 6.61 Å². The molecule has 0 N–H and O–H groups in total. The van der Waals surface area contributed by atoms with Crippen molar-refractivity contribution >= 4 is 23.7 Å². The Morgan fingerprint density at radius 2 is 1.93 bits per heavy atom. The first kappa shape index (κ1) is 30.4. The van der Waals surface area contributed by atoms with Crippen LogP contribution in [-0.2, 0) is 36.7 Å². The summed E-state index contributed by atoms with van der Waals surface area (Å²) in [6, 6.07) is 10.6. The molecule has 2 unspecified atom stereocenters. The second-order valence-electron chi connectivity index (χ2n) is 10.6. The maximum atomic E-state index is 14.3. The minimum Gasteiger partial charge on any atom is -0.493 e. The van der Waals surface area contributed by atoms with Gasteiger partial charge in [-0.25, -0.2) is 9.69 Å². The van der Waals surface area contributed by atoms with E-state index >= 15 is 0 Å². The van der Waals surface area contributed by atoms with Crippen LogP contribution in [0.2, 0.25) is 0 Å². The van der Waals surface area contributed by atoms with Gasteiger partial charge < -0.3 is 33.3 Å². The molecular formula is C32H38N2O9. The molecule has 11 heteroatoms. The molecule has 1 fully saturated rings. The number of ether oxygens (including phenoxy) is 6. The number of amides is 2. The van der Waals surface area contributed by atoms with E-state index in [1.807, 2.05) is 24.3 Å². The lowest BCUT2D eigenvalue weighted by Gasteiger charge is -2.43. The van der Waals surface area contributed by atoms with Gasteiger partial charge in [-0.3, -0.25) is 9.59 Å². The molecule has 2 aromatic carbocycles. The molecule has 0 radical (unpaired) electrons. The fourth-order valence-electron chi connectivity index (χ4n) is 5.71. The number of methoxy groups -OCH3 is 2. The lowest BCUT2D eigenvalue weighted by Crippen LogP contribution is -2.58. The Morgan fingerprint density at radius 3 is 2.65 bits per heavy atom. The van der Waals surface area contributed by atoms with Crippen LogP contribution in [0, 0.1) is 0 Å². The van der Waals surface area contributed by atoms with Gasteiger partial charge in [0, 0.05) is 25.6 Å². The summed E-state index contributed by atoms with van der Waals surface area (Å²) < 4.78 is 34.5. The second kappa shape index (κ2) is 13.9. The van der Waals surface area contributed by atoms with Gasteiger partial charge in [-0.2, -0.15) is 0 Å². The van der Waals surface area contributed by atoms with E-state index in [1.165, 1.54) is 25.2 Å². The number of carbonyl (C=O) groups excluding carboxylic acids is 3. The van der Waals surface area contributed by atoms with Crippen LogP contribution in [0.15, 0.2) is 49.1 Å². The highest BCUT2D eigenvalue weighted by Crippen LogP contribution is 2.43. The topological polar surface area (TPSA) is 113 Å². The maximum Gasteiger partial charge on any atom is 0.416 e. The number of benzene rings is 2. The predicted octanol–water partition coefficient (Wildman–Crippen LogP) is 4.61. The molecule has 0 aliphatic carbocycles. The standard InChI is InChI=1S/C32H38N2O9/c1-4-14-42-32(37)34-24-19-27(40-16-9-12-28(35)39-3)26(38-2)18-23(24)30(36)33-20-22-11-6-5-10-21(22)17-25(33)31(34)43-29-13-7-8-15-41-29/h4-6,10-11,18-19,25,29,31H,1,7-9,12-17,20H2,2-3H3/t25-,29?,31?/m0/s1. The fourth-order valence-corrected chi connectivity index (χ4v) is 5.71. The van der Waals surface area contributed by atoms with Gasteiger partial charge in [0.05, 0.1) is 38.1 Å². The Labute approximate surface area is 251 Å². The molecule has 2 aromatic rings. The molecule has 0 aromatic heterocycles. The van der Waals surface area contributed by atoms with E-state index in [4.69, 9.17) is 28.4 Å². The minimum atomic E-state index is -0.931. The molecule has 43 heavy (non-hydrogen) atoms. The van der Waals surface area contributed by atoms with E-state index in [0.29, 0.717) is 43.9 Å². The van der Waals surface area contributed by atoms with Crippen molar-refractivity contribution in [3.63, 3.8) is 0 Å². The van der Waals surface area contributed by atoms with E-state index < -0.39 is 24.7 Å². The third-order valence-corrected chi connectivity index (χ3v) is 7.87. The Bertz CT molecular complexity index is 1340. The van der Waals surface area contributed by atoms with Gasteiger partial charge in [0.2, 0.25) is 0 Å². The zero-order chi connectivity index (χ0) is 30.3. The second-order valence-corrected chi connectivity index (χ2v) is 10.6. The van der Waals surface area contributed by atoms with Crippen molar-refractivity contribution < 1.29 is 42.8 Å². The Balaban J connectivity index is 1.60. The third kappa shape index (κ3) is 6.62. The van der Waals surface area contributed by atoms with Crippen molar-refractivity contribution in [1.82, 2.24) is 4.90 Å². The van der Waals surface area contributed by atoms with Crippen molar-refractivity contribution in [3.05, 3.63) is 65.7 Å². The molecule has 0 spiro atoms. The average Bonchev–Trinajstić information content (AvgIpc) is 3.13. The lowest BCUT2D eigenvalue weighted by molar-refractivity contribution is -0.197. The van der Waals surface area contributed by atoms with Crippen LogP contribution in [0.4, 0.5) is 10.5 Å². The van der Waals surface area contributed by atoms with E-state index in [2.05, 4.69) is 6.58 Å². The molecule has 5 rings (SSSR count). The van der Waals surface area contributed by atoms with Crippen molar-refractivity contribution in [2.45, 2.75) is 63.6 Å². The van der Waals surface area contributed by atoms with Crippen LogP contribution >= 0.6 is 0 Å². The fraction of sp³-hybridized carbons (Fsp3) is 0.469. The molecule has 3 atom stereocenters. The highest BCUT2D eigenvalue weighted by molar-refractivity contribution is 6.06. The zero-order valence-corrected chi connectivity index (χ0v) is 24.6. The van der Waals surface area contributed by atoms with E-state index in [9.17, 15) is 14.4 Å². The van der Waals surface area contributed by atoms with Crippen LogP contribution < -0.4 is 14.4 Å². The van der Waals surface area contributed by atoms with Gasteiger partial charge in [-0.1, -0.05) is 36.9 Å². The Hall–Kier alpha value is -4.09. The summed E-state index contributed by atoms with van der Waals surface area (Å²) in [5.41, 5.74) is 2.62. The van der Waals surface area contributed by atoms with E-state index in [1.54, 1.807) is 17.0 Å². The number of fused-ring (bicyclic) bond motifs is 3. The number of hydrogen-bond donors (Lipinski definition) is 0. The number of esters is 1. The van der Waals surface area contributed by atoms with Crippen molar-refractivity contribution in [2.24, 2.45) is 0 Å². The quantitative estimate of drug-likeness (QED) is 0.221. The van der Waals surface area contributed by atoms with Crippen LogP contribution in [0.5, 0.6) is 11.5 Å². The summed E-state index contributed by atoms with van der Waals surface area (Å²) in [4.78, 5) is 43.0. The third-order valence-electron chi connectivity index (χ3n) is 7.87. The number of anilines is 1. The van der Waals surface area contributed by atoms with Crippen LogP contribution in [0.1, 0.15) is 53.6 Å². The van der Waals surface area contributed by atoms with Gasteiger partial charge >= 0.3 is 12.1 Å². The summed E-state index contributed by atoms with van der Waals surface area (Å²) in [7, 11) is 2.81. The Morgan fingerprint density at radius 1 is 1.12 bits per heavy atom. The minimum absolute atomic E-state index is 0.0322. The van der Waals surface area contributed by atoms with Gasteiger partial charge in [-0.05, 0) is 49.3 Å². The van der Waals surface area contributed by atoms with Crippen molar-refractivity contribution in [1.29, 1.82) is 0 Å². The van der Waals surface area contributed by atoms with Gasteiger partial charge in [0.15, 0.2) is 24.0 Å². The zero-order valence-electron chi connectivity index (χ0n) is 24.6. The highest BCUT2D eigenvalue weighted by atomic mass is 16.7. The van der Waals surface area contributed by atoms with Crippen molar-refractivity contribution in [3.8, 4) is 11.5 Å². The summed E-state index contributed by atoms with van der Waals surface area (Å²) in [6.45, 7) is 4.71. The average molecular weight is 595 g/mol. The smallest absolute Gasteiger partial charge is 0.416 e. The van der Waals surface area contributed by atoms with Gasteiger partial charge in [-0.15, -0.1) is 0 Å². The van der Waals surface area contributed by atoms with Crippen LogP contribution in [0.25, 0.3) is 0 Å². The van der Waals surface area contributed by atoms with E-state index in [0.717, 1.165) is 24.0 Å². The molecule has 1 saturated heterocycles. The molecule has 3 aliphatic heterocycles. The number of nitrogens with zero attached hydrogens (tertiary/aromatic N) is 2. The summed E-state index contributed by atoms with van der Waals surface area (Å²) in [5, 5.41) is 0. The number of carbonyl (C=O) groups is 3.